The molecule has 1 fully saturated rings. The number of nitrogen functional groups attached to an aromatic ring is 1. The van der Waals surface area contributed by atoms with Gasteiger partial charge in [-0.25, -0.2) is 4.98 Å². The zero-order valence-corrected chi connectivity index (χ0v) is 11.6. The minimum Gasteiger partial charge on any atom is -0.384 e. The van der Waals surface area contributed by atoms with Crippen LogP contribution in [0.25, 0.3) is 0 Å². The molecule has 0 aromatic carbocycles. The zero-order chi connectivity index (χ0) is 13.8. The summed E-state index contributed by atoms with van der Waals surface area (Å²) in [7, 11) is 1.71. The smallest absolute Gasteiger partial charge is 0.129 e. The van der Waals surface area contributed by atoms with Crippen LogP contribution < -0.4 is 10.6 Å². The van der Waals surface area contributed by atoms with E-state index in [1.165, 1.54) is 12.8 Å². The summed E-state index contributed by atoms with van der Waals surface area (Å²) in [5.41, 5.74) is 6.26. The van der Waals surface area contributed by atoms with Crippen LogP contribution in [0.2, 0.25) is 0 Å². The lowest BCUT2D eigenvalue weighted by atomic mass is 10.1. The Hall–Kier alpha value is -1.62. The molecule has 2 rings (SSSR count). The van der Waals surface area contributed by atoms with Gasteiger partial charge in [-0.15, -0.1) is 0 Å². The van der Waals surface area contributed by atoms with Gasteiger partial charge in [0.1, 0.15) is 11.7 Å². The van der Waals surface area contributed by atoms with Crippen molar-refractivity contribution < 1.29 is 4.74 Å². The number of pyridine rings is 1. The molecule has 5 heteroatoms. The van der Waals surface area contributed by atoms with E-state index in [9.17, 15) is 0 Å². The Morgan fingerprint density at radius 1 is 1.63 bits per heavy atom. The Balaban J connectivity index is 2.20. The minimum absolute atomic E-state index is 0.0782. The van der Waals surface area contributed by atoms with Crippen LogP contribution >= 0.6 is 0 Å². The lowest BCUT2D eigenvalue weighted by Crippen LogP contribution is -2.38. The zero-order valence-electron chi connectivity index (χ0n) is 11.6. The van der Waals surface area contributed by atoms with Crippen LogP contribution in [0.15, 0.2) is 18.3 Å². The summed E-state index contributed by atoms with van der Waals surface area (Å²) in [6, 6.07) is 4.10. The molecule has 0 bridgehead atoms. The van der Waals surface area contributed by atoms with Gasteiger partial charge >= 0.3 is 0 Å². The third-order valence-corrected chi connectivity index (χ3v) is 3.68. The summed E-state index contributed by atoms with van der Waals surface area (Å²) in [6.07, 6.45) is 4.29. The molecule has 0 saturated heterocycles. The number of aromatic nitrogens is 1. The van der Waals surface area contributed by atoms with E-state index in [0.29, 0.717) is 12.6 Å². The van der Waals surface area contributed by atoms with Gasteiger partial charge in [0.05, 0.1) is 6.61 Å². The molecule has 1 aromatic heterocycles. The average molecular weight is 262 g/mol. The van der Waals surface area contributed by atoms with Crippen molar-refractivity contribution in [3.05, 3.63) is 23.9 Å². The summed E-state index contributed by atoms with van der Waals surface area (Å²) in [4.78, 5) is 6.68. The Morgan fingerprint density at radius 3 is 2.95 bits per heavy atom. The number of nitrogens with zero attached hydrogens (tertiary/aromatic N) is 2. The van der Waals surface area contributed by atoms with E-state index in [1.807, 2.05) is 6.07 Å². The molecule has 1 saturated carbocycles. The first kappa shape index (κ1) is 13.8. The maximum atomic E-state index is 7.52. The Labute approximate surface area is 114 Å². The summed E-state index contributed by atoms with van der Waals surface area (Å²) < 4.78 is 5.19. The first-order chi connectivity index (χ1) is 9.13. The number of ether oxygens (including phenoxy) is 1. The molecule has 1 heterocycles. The molecule has 1 atom stereocenters. The summed E-state index contributed by atoms with van der Waals surface area (Å²) in [5.74, 6) is 1.71. The molecule has 1 aromatic rings. The van der Waals surface area contributed by atoms with Gasteiger partial charge in [-0.1, -0.05) is 0 Å². The van der Waals surface area contributed by atoms with Crippen LogP contribution in [0, 0.1) is 11.3 Å². The SMILES string of the molecule is COCCN(c1cc(C(=N)N)ccn1)C(C)C1CC1. The van der Waals surface area contributed by atoms with E-state index < -0.39 is 0 Å². The fourth-order valence-electron chi connectivity index (χ4n) is 2.29. The Morgan fingerprint density at radius 2 is 2.37 bits per heavy atom. The molecule has 1 aliphatic rings. The van der Waals surface area contributed by atoms with E-state index in [2.05, 4.69) is 16.8 Å². The number of nitrogens with one attached hydrogen (secondary N) is 1. The third-order valence-electron chi connectivity index (χ3n) is 3.68. The first-order valence-corrected chi connectivity index (χ1v) is 6.69. The lowest BCUT2D eigenvalue weighted by molar-refractivity contribution is 0.202. The second-order valence-electron chi connectivity index (χ2n) is 5.08. The number of nitrogens with two attached hydrogens (primary N) is 1. The second kappa shape index (κ2) is 6.02. The number of anilines is 1. The van der Waals surface area contributed by atoms with E-state index in [4.69, 9.17) is 15.9 Å². The molecule has 3 N–H and O–H groups in total. The van der Waals surface area contributed by atoms with E-state index in [-0.39, 0.29) is 5.84 Å². The van der Waals surface area contributed by atoms with Gasteiger partial charge in [-0.2, -0.15) is 0 Å². The number of hydrogen-bond donors (Lipinski definition) is 2. The van der Waals surface area contributed by atoms with Crippen molar-refractivity contribution in [3.63, 3.8) is 0 Å². The quantitative estimate of drug-likeness (QED) is 0.578. The molecule has 19 heavy (non-hydrogen) atoms. The highest BCUT2D eigenvalue weighted by atomic mass is 16.5. The van der Waals surface area contributed by atoms with Crippen LogP contribution in [0.3, 0.4) is 0 Å². The second-order valence-corrected chi connectivity index (χ2v) is 5.08. The average Bonchev–Trinajstić information content (AvgIpc) is 3.23. The molecular formula is C14H22N4O. The molecule has 1 aliphatic carbocycles. The molecule has 5 nitrogen and oxygen atoms in total. The van der Waals surface area contributed by atoms with Crippen LogP contribution in [0.5, 0.6) is 0 Å². The first-order valence-electron chi connectivity index (χ1n) is 6.69. The molecule has 0 amide bonds. The highest BCUT2D eigenvalue weighted by Gasteiger charge is 2.32. The van der Waals surface area contributed by atoms with Crippen LogP contribution in [0.4, 0.5) is 5.82 Å². The van der Waals surface area contributed by atoms with Gasteiger partial charge in [0.15, 0.2) is 0 Å². The largest absolute Gasteiger partial charge is 0.384 e. The molecule has 0 aliphatic heterocycles. The monoisotopic (exact) mass is 262 g/mol. The highest BCUT2D eigenvalue weighted by molar-refractivity contribution is 5.95. The van der Waals surface area contributed by atoms with Crippen molar-refractivity contribution in [1.82, 2.24) is 4.98 Å². The lowest BCUT2D eigenvalue weighted by Gasteiger charge is -2.30. The van der Waals surface area contributed by atoms with Crippen molar-refractivity contribution in [1.29, 1.82) is 5.41 Å². The molecular weight excluding hydrogens is 240 g/mol. The highest BCUT2D eigenvalue weighted by Crippen LogP contribution is 2.36. The third kappa shape index (κ3) is 3.44. The van der Waals surface area contributed by atoms with Crippen molar-refractivity contribution in [2.45, 2.75) is 25.8 Å². The topological polar surface area (TPSA) is 75.2 Å². The van der Waals surface area contributed by atoms with Gasteiger partial charge in [0.2, 0.25) is 0 Å². The fourth-order valence-corrected chi connectivity index (χ4v) is 2.29. The van der Waals surface area contributed by atoms with Crippen LogP contribution in [0.1, 0.15) is 25.3 Å². The van der Waals surface area contributed by atoms with Crippen molar-refractivity contribution in [2.75, 3.05) is 25.2 Å². The van der Waals surface area contributed by atoms with Gasteiger partial charge in [-0.3, -0.25) is 5.41 Å². The number of rotatable bonds is 7. The van der Waals surface area contributed by atoms with Crippen molar-refractivity contribution >= 4 is 11.7 Å². The predicted octanol–water partition coefficient (Wildman–Crippen LogP) is 1.62. The standard InChI is InChI=1S/C14H22N4O/c1-10(11-3-4-11)18(7-8-19-2)13-9-12(14(15)16)5-6-17-13/h5-6,9-11H,3-4,7-8H2,1-2H3,(H3,15,16). The summed E-state index contributed by atoms with van der Waals surface area (Å²) in [6.45, 7) is 3.71. The number of amidine groups is 1. The van der Waals surface area contributed by atoms with Crippen molar-refractivity contribution in [3.8, 4) is 0 Å². The van der Waals surface area contributed by atoms with Crippen LogP contribution in [-0.4, -0.2) is 37.1 Å². The fraction of sp³-hybridized carbons (Fsp3) is 0.571. The van der Waals surface area contributed by atoms with Gasteiger partial charge < -0.3 is 15.4 Å². The van der Waals surface area contributed by atoms with E-state index >= 15 is 0 Å². The Bertz CT molecular complexity index is 445. The number of hydrogen-bond acceptors (Lipinski definition) is 4. The number of methoxy groups -OCH3 is 1. The molecule has 0 radical (unpaired) electrons. The summed E-state index contributed by atoms with van der Waals surface area (Å²) >= 11 is 0. The summed E-state index contributed by atoms with van der Waals surface area (Å²) in [5, 5.41) is 7.52. The Kier molecular flexibility index (Phi) is 4.37. The van der Waals surface area contributed by atoms with Gasteiger partial charge in [-0.05, 0) is 37.8 Å². The van der Waals surface area contributed by atoms with E-state index in [1.54, 1.807) is 19.4 Å². The predicted molar refractivity (Wildman–Crippen MR) is 76.7 cm³/mol. The van der Waals surface area contributed by atoms with E-state index in [0.717, 1.165) is 23.8 Å². The normalized spacial score (nSPS) is 16.1. The van der Waals surface area contributed by atoms with Crippen LogP contribution in [-0.2, 0) is 4.74 Å². The molecule has 0 spiro atoms. The minimum atomic E-state index is 0.0782. The molecule has 1 unspecified atom stereocenters. The maximum Gasteiger partial charge on any atom is 0.129 e. The van der Waals surface area contributed by atoms with Gasteiger partial charge in [0, 0.05) is 31.5 Å². The van der Waals surface area contributed by atoms with Crippen molar-refractivity contribution in [2.24, 2.45) is 11.7 Å². The van der Waals surface area contributed by atoms with Gasteiger partial charge in [0.25, 0.3) is 0 Å². The molecule has 104 valence electrons. The maximum absolute atomic E-state index is 7.52.